The number of alkyl halides is 4. The topological polar surface area (TPSA) is 89.0 Å². The maximum Gasteiger partial charge on any atom is 0.393 e. The van der Waals surface area contributed by atoms with E-state index < -0.39 is 30.6 Å². The van der Waals surface area contributed by atoms with E-state index in [1.807, 2.05) is 11.9 Å². The summed E-state index contributed by atoms with van der Waals surface area (Å²) in [5.74, 6) is 5.27. The summed E-state index contributed by atoms with van der Waals surface area (Å²) in [6.45, 7) is 0.535. The molecule has 7 nitrogen and oxygen atoms in total. The number of aliphatic hydroxyl groups excluding tert-OH is 2. The molecule has 1 aliphatic rings. The number of thiophene rings is 1. The van der Waals surface area contributed by atoms with Crippen LogP contribution in [0.15, 0.2) is 30.3 Å². The number of benzene rings is 2. The highest BCUT2D eigenvalue weighted by Crippen LogP contribution is 2.39. The highest BCUT2D eigenvalue weighted by molar-refractivity contribution is 7.20. The van der Waals surface area contributed by atoms with Gasteiger partial charge in [-0.1, -0.05) is 24.0 Å². The molecule has 0 saturated carbocycles. The number of anilines is 3. The van der Waals surface area contributed by atoms with Gasteiger partial charge in [0, 0.05) is 31.8 Å². The van der Waals surface area contributed by atoms with Crippen molar-refractivity contribution in [3.8, 4) is 17.6 Å². The van der Waals surface area contributed by atoms with E-state index in [-0.39, 0.29) is 67.0 Å². The Bertz CT molecular complexity index is 1420. The molecule has 0 spiro atoms. The van der Waals surface area contributed by atoms with Crippen LogP contribution in [0.25, 0.3) is 10.1 Å². The van der Waals surface area contributed by atoms with Crippen molar-refractivity contribution in [1.29, 1.82) is 0 Å². The molecule has 4 rings (SSSR count). The number of nitrogens with zero attached hydrogens (tertiary/aromatic N) is 1. The van der Waals surface area contributed by atoms with Crippen LogP contribution in [0.3, 0.4) is 0 Å². The standard InChI is InChI=1S/C29H33F5N4O3S/c1-38-10-7-22(21(31)17-38)37-23-5-2-4-18-19(16-29(32,33)34)27(42-28(18)23)6-3-8-35-25-14-20(30)24(36-9-11-39)15-26(25)41-13-12-40/h2,4-5,14-15,21-22,35-37,39-40H,7-13,16-17H2,1H3. The van der Waals surface area contributed by atoms with Gasteiger partial charge >= 0.3 is 6.18 Å². The van der Waals surface area contributed by atoms with Gasteiger partial charge in [0.1, 0.15) is 24.3 Å². The largest absolute Gasteiger partial charge is 0.489 e. The molecule has 13 heteroatoms. The third kappa shape index (κ3) is 8.16. The van der Waals surface area contributed by atoms with Gasteiger partial charge in [0.25, 0.3) is 0 Å². The van der Waals surface area contributed by atoms with Crippen molar-refractivity contribution in [3.05, 3.63) is 46.6 Å². The molecule has 1 saturated heterocycles. The quantitative estimate of drug-likeness (QED) is 0.157. The van der Waals surface area contributed by atoms with Crippen molar-refractivity contribution < 1.29 is 36.9 Å². The van der Waals surface area contributed by atoms with E-state index in [0.717, 1.165) is 11.3 Å². The first-order valence-corrected chi connectivity index (χ1v) is 14.3. The number of rotatable bonds is 11. The molecule has 42 heavy (non-hydrogen) atoms. The third-order valence-electron chi connectivity index (χ3n) is 6.70. The zero-order valence-corrected chi connectivity index (χ0v) is 23.8. The van der Waals surface area contributed by atoms with Crippen molar-refractivity contribution >= 4 is 38.5 Å². The molecule has 0 bridgehead atoms. The lowest BCUT2D eigenvalue weighted by Gasteiger charge is -2.33. The van der Waals surface area contributed by atoms with Crippen LogP contribution >= 0.6 is 11.3 Å². The van der Waals surface area contributed by atoms with Crippen LogP contribution in [0.4, 0.5) is 39.0 Å². The molecular formula is C29H33F5N4O3S. The minimum Gasteiger partial charge on any atom is -0.489 e. The zero-order valence-electron chi connectivity index (χ0n) is 23.0. The molecule has 3 aromatic rings. The number of hydrogen-bond acceptors (Lipinski definition) is 8. The van der Waals surface area contributed by atoms with Gasteiger partial charge in [0.15, 0.2) is 0 Å². The predicted octanol–water partition coefficient (Wildman–Crippen LogP) is 4.84. The summed E-state index contributed by atoms with van der Waals surface area (Å²) in [5, 5.41) is 27.4. The lowest BCUT2D eigenvalue weighted by atomic mass is 10.0. The first-order chi connectivity index (χ1) is 20.1. The molecular weight excluding hydrogens is 579 g/mol. The monoisotopic (exact) mass is 612 g/mol. The van der Waals surface area contributed by atoms with Gasteiger partial charge in [0.2, 0.25) is 0 Å². The number of ether oxygens (including phenoxy) is 1. The van der Waals surface area contributed by atoms with Crippen molar-refractivity contribution in [1.82, 2.24) is 4.90 Å². The maximum atomic E-state index is 14.7. The number of halogens is 5. The van der Waals surface area contributed by atoms with Crippen LogP contribution in [0.2, 0.25) is 0 Å². The summed E-state index contributed by atoms with van der Waals surface area (Å²) in [6, 6.07) is 7.10. The van der Waals surface area contributed by atoms with Gasteiger partial charge in [0.05, 0.1) is 58.9 Å². The first kappa shape index (κ1) is 31.6. The Morgan fingerprint density at radius 1 is 1.12 bits per heavy atom. The molecule has 0 radical (unpaired) electrons. The Morgan fingerprint density at radius 2 is 1.93 bits per heavy atom. The Hall–Kier alpha value is -3.31. The molecule has 5 N–H and O–H groups in total. The normalized spacial score (nSPS) is 17.5. The van der Waals surface area contributed by atoms with Crippen LogP contribution in [-0.2, 0) is 6.42 Å². The minimum absolute atomic E-state index is 0.0394. The fourth-order valence-electron chi connectivity index (χ4n) is 4.74. The number of likely N-dealkylation sites (tertiary alicyclic amines) is 1. The molecule has 1 fully saturated rings. The van der Waals surface area contributed by atoms with Crippen LogP contribution < -0.4 is 20.7 Å². The third-order valence-corrected chi connectivity index (χ3v) is 7.89. The minimum atomic E-state index is -4.47. The Labute approximate surface area is 244 Å². The molecule has 0 aliphatic carbocycles. The summed E-state index contributed by atoms with van der Waals surface area (Å²) >= 11 is 1.12. The zero-order chi connectivity index (χ0) is 30.3. The summed E-state index contributed by atoms with van der Waals surface area (Å²) in [5.41, 5.74) is 0.956. The average molecular weight is 613 g/mol. The van der Waals surface area contributed by atoms with E-state index >= 15 is 0 Å². The van der Waals surface area contributed by atoms with Crippen molar-refractivity contribution in [2.24, 2.45) is 0 Å². The second kappa shape index (κ2) is 14.2. The van der Waals surface area contributed by atoms with Crippen LogP contribution in [0.1, 0.15) is 16.9 Å². The van der Waals surface area contributed by atoms with Crippen LogP contribution in [0.5, 0.6) is 5.75 Å². The highest BCUT2D eigenvalue weighted by Gasteiger charge is 2.32. The number of fused-ring (bicyclic) bond motifs is 1. The summed E-state index contributed by atoms with van der Waals surface area (Å²) < 4.78 is 76.1. The Balaban J connectivity index is 1.59. The highest BCUT2D eigenvalue weighted by atomic mass is 32.1. The molecule has 228 valence electrons. The van der Waals surface area contributed by atoms with Gasteiger partial charge in [-0.2, -0.15) is 13.2 Å². The van der Waals surface area contributed by atoms with Crippen LogP contribution in [-0.4, -0.2) is 86.6 Å². The molecule has 0 amide bonds. The predicted molar refractivity (Wildman–Crippen MR) is 156 cm³/mol. The number of nitrogens with one attached hydrogen (secondary N) is 3. The van der Waals surface area contributed by atoms with E-state index in [9.17, 15) is 22.0 Å². The Kier molecular flexibility index (Phi) is 10.7. The van der Waals surface area contributed by atoms with Crippen LogP contribution in [0, 0.1) is 17.7 Å². The summed E-state index contributed by atoms with van der Waals surface area (Å²) in [4.78, 5) is 2.14. The lowest BCUT2D eigenvalue weighted by Crippen LogP contribution is -2.46. The van der Waals surface area contributed by atoms with Gasteiger partial charge in [-0.25, -0.2) is 8.78 Å². The van der Waals surface area contributed by atoms with E-state index in [4.69, 9.17) is 14.9 Å². The fourth-order valence-corrected chi connectivity index (χ4v) is 5.91. The summed E-state index contributed by atoms with van der Waals surface area (Å²) in [7, 11) is 1.84. The lowest BCUT2D eigenvalue weighted by molar-refractivity contribution is -0.126. The molecule has 2 unspecified atom stereocenters. The maximum absolute atomic E-state index is 14.7. The number of aliphatic hydroxyl groups is 2. The first-order valence-electron chi connectivity index (χ1n) is 13.4. The average Bonchev–Trinajstić information content (AvgIpc) is 3.27. The van der Waals surface area contributed by atoms with Crippen molar-refractivity contribution in [2.45, 2.75) is 31.2 Å². The Morgan fingerprint density at radius 3 is 2.64 bits per heavy atom. The molecule has 2 aromatic carbocycles. The van der Waals surface area contributed by atoms with Crippen molar-refractivity contribution in [3.63, 3.8) is 0 Å². The second-order valence-electron chi connectivity index (χ2n) is 9.91. The van der Waals surface area contributed by atoms with E-state index in [0.29, 0.717) is 28.7 Å². The van der Waals surface area contributed by atoms with Gasteiger partial charge in [-0.3, -0.25) is 0 Å². The number of hydrogen-bond donors (Lipinski definition) is 5. The molecule has 1 aromatic heterocycles. The van der Waals surface area contributed by atoms with E-state index in [1.54, 1.807) is 18.2 Å². The van der Waals surface area contributed by atoms with Gasteiger partial charge in [-0.15, -0.1) is 11.3 Å². The summed E-state index contributed by atoms with van der Waals surface area (Å²) in [6.07, 6.45) is -6.18. The molecule has 2 heterocycles. The SMILES string of the molecule is CN1CCC(Nc2cccc3c(CC(F)(F)F)c(C#CCNc4cc(F)c(NCCO)cc4OCCO)sc23)C(F)C1. The van der Waals surface area contributed by atoms with Gasteiger partial charge < -0.3 is 35.8 Å². The molecule has 2 atom stereocenters. The fraction of sp³-hybridized carbons (Fsp3) is 0.448. The van der Waals surface area contributed by atoms with Crippen molar-refractivity contribution in [2.75, 3.05) is 69.0 Å². The van der Waals surface area contributed by atoms with E-state index in [1.165, 1.54) is 12.1 Å². The van der Waals surface area contributed by atoms with E-state index in [2.05, 4.69) is 27.8 Å². The second-order valence-corrected chi connectivity index (χ2v) is 10.9. The number of piperidine rings is 1. The smallest absolute Gasteiger partial charge is 0.393 e. The van der Waals surface area contributed by atoms with Gasteiger partial charge in [-0.05, 0) is 30.5 Å². The molecule has 1 aliphatic heterocycles.